The minimum absolute atomic E-state index is 0.851. The lowest BCUT2D eigenvalue weighted by Crippen LogP contribution is -2.32. The normalized spacial score (nSPS) is 18.3. The zero-order chi connectivity index (χ0) is 16.5. The highest BCUT2D eigenvalue weighted by atomic mass is 15.3. The number of fused-ring (bicyclic) bond motifs is 1. The second-order valence-electron chi connectivity index (χ2n) is 6.81. The molecular weight excluding hydrogens is 300 g/mol. The van der Waals surface area contributed by atoms with E-state index in [1.54, 1.807) is 0 Å². The van der Waals surface area contributed by atoms with Gasteiger partial charge in [-0.05, 0) is 32.3 Å². The highest BCUT2D eigenvalue weighted by Crippen LogP contribution is 2.20. The molecule has 0 radical (unpaired) electrons. The third-order valence-electron chi connectivity index (χ3n) is 4.88. The molecule has 2 aliphatic rings. The number of nitrogens with zero attached hydrogens (tertiary/aromatic N) is 6. The van der Waals surface area contributed by atoms with Gasteiger partial charge in [0.1, 0.15) is 0 Å². The molecule has 24 heavy (non-hydrogen) atoms. The van der Waals surface area contributed by atoms with Crippen LogP contribution in [0.2, 0.25) is 0 Å². The molecule has 0 unspecified atom stereocenters. The topological polar surface area (TPSA) is 59.2 Å². The van der Waals surface area contributed by atoms with Gasteiger partial charge in [0.15, 0.2) is 5.82 Å². The Labute approximate surface area is 142 Å². The van der Waals surface area contributed by atoms with Crippen LogP contribution in [-0.2, 0) is 26.6 Å². The monoisotopic (exact) mass is 324 g/mol. The highest BCUT2D eigenvalue weighted by molar-refractivity contribution is 5.97. The summed E-state index contributed by atoms with van der Waals surface area (Å²) in [7, 11) is 2.01. The first kappa shape index (κ1) is 15.4. The standard InChI is InChI=1S/C18H24N6/c1-13-9-15(23(2)22-13)12-24-8-6-16-14(11-24)10-20-18(21-16)17-5-3-4-7-19-17/h9-10H,3-8,11-12H2,1-2H3. The second-order valence-corrected chi connectivity index (χ2v) is 6.81. The van der Waals surface area contributed by atoms with Crippen LogP contribution in [0.4, 0.5) is 0 Å². The SMILES string of the molecule is Cc1cc(CN2CCc3nc(C4=NCCCC4)ncc3C2)n(C)n1. The van der Waals surface area contributed by atoms with Crippen molar-refractivity contribution < 1.29 is 0 Å². The Hall–Kier alpha value is -2.08. The van der Waals surface area contributed by atoms with Crippen molar-refractivity contribution in [2.75, 3.05) is 13.1 Å². The Morgan fingerprint density at radius 2 is 2.12 bits per heavy atom. The average molecular weight is 324 g/mol. The van der Waals surface area contributed by atoms with Crippen molar-refractivity contribution in [1.82, 2.24) is 24.6 Å². The van der Waals surface area contributed by atoms with Gasteiger partial charge < -0.3 is 0 Å². The molecule has 4 rings (SSSR count). The molecule has 6 nitrogen and oxygen atoms in total. The van der Waals surface area contributed by atoms with Crippen molar-refractivity contribution in [3.8, 4) is 0 Å². The second kappa shape index (κ2) is 6.43. The fourth-order valence-corrected chi connectivity index (χ4v) is 3.57. The molecule has 4 heterocycles. The third-order valence-corrected chi connectivity index (χ3v) is 4.88. The first-order chi connectivity index (χ1) is 11.7. The smallest absolute Gasteiger partial charge is 0.173 e. The molecule has 0 atom stereocenters. The Balaban J connectivity index is 1.49. The summed E-state index contributed by atoms with van der Waals surface area (Å²) in [6, 6.07) is 2.16. The van der Waals surface area contributed by atoms with Gasteiger partial charge in [-0.2, -0.15) is 5.10 Å². The summed E-state index contributed by atoms with van der Waals surface area (Å²) in [5.41, 5.74) is 5.87. The van der Waals surface area contributed by atoms with E-state index in [1.807, 2.05) is 24.9 Å². The van der Waals surface area contributed by atoms with Crippen LogP contribution in [0.3, 0.4) is 0 Å². The molecule has 0 N–H and O–H groups in total. The van der Waals surface area contributed by atoms with E-state index in [9.17, 15) is 0 Å². The van der Waals surface area contributed by atoms with E-state index in [2.05, 4.69) is 26.0 Å². The Morgan fingerprint density at radius 1 is 1.21 bits per heavy atom. The van der Waals surface area contributed by atoms with E-state index in [0.29, 0.717) is 0 Å². The zero-order valence-corrected chi connectivity index (χ0v) is 14.5. The van der Waals surface area contributed by atoms with Crippen LogP contribution in [0.5, 0.6) is 0 Å². The molecule has 0 spiro atoms. The number of rotatable bonds is 3. The summed E-state index contributed by atoms with van der Waals surface area (Å²) in [5.74, 6) is 0.851. The predicted octanol–water partition coefficient (Wildman–Crippen LogP) is 2.05. The number of hydrogen-bond acceptors (Lipinski definition) is 5. The van der Waals surface area contributed by atoms with Gasteiger partial charge in [-0.3, -0.25) is 14.6 Å². The average Bonchev–Trinajstić information content (AvgIpc) is 2.92. The van der Waals surface area contributed by atoms with E-state index >= 15 is 0 Å². The van der Waals surface area contributed by atoms with Crippen molar-refractivity contribution in [2.45, 2.75) is 45.7 Å². The van der Waals surface area contributed by atoms with Crippen LogP contribution in [-0.4, -0.2) is 43.4 Å². The summed E-state index contributed by atoms with van der Waals surface area (Å²) in [5, 5.41) is 4.44. The van der Waals surface area contributed by atoms with Crippen LogP contribution in [0.1, 0.15) is 47.7 Å². The lowest BCUT2D eigenvalue weighted by Gasteiger charge is -2.28. The number of aryl methyl sites for hydroxylation is 2. The molecule has 0 fully saturated rings. The quantitative estimate of drug-likeness (QED) is 0.867. The van der Waals surface area contributed by atoms with Gasteiger partial charge >= 0.3 is 0 Å². The van der Waals surface area contributed by atoms with E-state index in [-0.39, 0.29) is 0 Å². The van der Waals surface area contributed by atoms with Crippen LogP contribution in [0.15, 0.2) is 17.3 Å². The number of aromatic nitrogens is 4. The van der Waals surface area contributed by atoms with E-state index in [4.69, 9.17) is 4.98 Å². The Kier molecular flexibility index (Phi) is 4.14. The molecule has 0 aromatic carbocycles. The molecule has 126 valence electrons. The van der Waals surface area contributed by atoms with Crippen molar-refractivity contribution in [3.05, 3.63) is 40.7 Å². The number of aliphatic imine (C=N–C) groups is 1. The molecule has 2 aromatic rings. The summed E-state index contributed by atoms with van der Waals surface area (Å²) in [4.78, 5) is 16.5. The molecule has 2 aromatic heterocycles. The van der Waals surface area contributed by atoms with Crippen molar-refractivity contribution in [1.29, 1.82) is 0 Å². The lowest BCUT2D eigenvalue weighted by atomic mass is 10.1. The van der Waals surface area contributed by atoms with E-state index in [0.717, 1.165) is 56.3 Å². The van der Waals surface area contributed by atoms with Crippen LogP contribution >= 0.6 is 0 Å². The maximum absolute atomic E-state index is 4.81. The largest absolute Gasteiger partial charge is 0.293 e. The molecule has 0 saturated heterocycles. The van der Waals surface area contributed by atoms with Gasteiger partial charge in [0.25, 0.3) is 0 Å². The first-order valence-electron chi connectivity index (χ1n) is 8.79. The summed E-state index contributed by atoms with van der Waals surface area (Å²) in [6.07, 6.45) is 6.41. The molecule has 6 heteroatoms. The maximum Gasteiger partial charge on any atom is 0.173 e. The van der Waals surface area contributed by atoms with Crippen LogP contribution < -0.4 is 0 Å². The third kappa shape index (κ3) is 3.11. The Bertz CT molecular complexity index is 776. The van der Waals surface area contributed by atoms with Gasteiger partial charge in [0.05, 0.1) is 22.8 Å². The minimum atomic E-state index is 0.851. The Morgan fingerprint density at radius 3 is 2.88 bits per heavy atom. The van der Waals surface area contributed by atoms with Crippen molar-refractivity contribution in [3.63, 3.8) is 0 Å². The van der Waals surface area contributed by atoms with Gasteiger partial charge in [-0.1, -0.05) is 0 Å². The van der Waals surface area contributed by atoms with Crippen molar-refractivity contribution in [2.24, 2.45) is 12.0 Å². The molecule has 0 amide bonds. The lowest BCUT2D eigenvalue weighted by molar-refractivity contribution is 0.236. The van der Waals surface area contributed by atoms with Gasteiger partial charge in [0, 0.05) is 51.4 Å². The molecular formula is C18H24N6. The van der Waals surface area contributed by atoms with Gasteiger partial charge in [0.2, 0.25) is 0 Å². The van der Waals surface area contributed by atoms with Gasteiger partial charge in [-0.15, -0.1) is 0 Å². The van der Waals surface area contributed by atoms with Crippen molar-refractivity contribution >= 4 is 5.71 Å². The number of hydrogen-bond donors (Lipinski definition) is 0. The fraction of sp³-hybridized carbons (Fsp3) is 0.556. The van der Waals surface area contributed by atoms with Crippen LogP contribution in [0, 0.1) is 6.92 Å². The molecule has 0 bridgehead atoms. The van der Waals surface area contributed by atoms with Gasteiger partial charge in [-0.25, -0.2) is 9.97 Å². The van der Waals surface area contributed by atoms with E-state index < -0.39 is 0 Å². The molecule has 2 aliphatic heterocycles. The van der Waals surface area contributed by atoms with E-state index in [1.165, 1.54) is 29.8 Å². The fourth-order valence-electron chi connectivity index (χ4n) is 3.57. The zero-order valence-electron chi connectivity index (χ0n) is 14.5. The maximum atomic E-state index is 4.81. The first-order valence-corrected chi connectivity index (χ1v) is 8.79. The molecule has 0 aliphatic carbocycles. The minimum Gasteiger partial charge on any atom is -0.293 e. The highest BCUT2D eigenvalue weighted by Gasteiger charge is 2.21. The summed E-state index contributed by atoms with van der Waals surface area (Å²) >= 11 is 0. The predicted molar refractivity (Wildman–Crippen MR) is 93.1 cm³/mol. The summed E-state index contributed by atoms with van der Waals surface area (Å²) < 4.78 is 1.98. The molecule has 0 saturated carbocycles. The summed E-state index contributed by atoms with van der Waals surface area (Å²) in [6.45, 7) is 5.82. The van der Waals surface area contributed by atoms with Crippen LogP contribution in [0.25, 0.3) is 0 Å².